The van der Waals surface area contributed by atoms with E-state index in [0.29, 0.717) is 5.56 Å². The fourth-order valence-electron chi connectivity index (χ4n) is 1.07. The second kappa shape index (κ2) is 3.89. The van der Waals surface area contributed by atoms with Gasteiger partial charge in [-0.25, -0.2) is 0 Å². The van der Waals surface area contributed by atoms with Crippen molar-refractivity contribution in [2.45, 2.75) is 0 Å². The Balaban J connectivity index is 2.24. The Morgan fingerprint density at radius 2 is 1.94 bits per heavy atom. The van der Waals surface area contributed by atoms with Crippen molar-refractivity contribution >= 4 is 10.5 Å². The SMILES string of the molecule is O=S(=O)(F)Oc1ccc(-c2nnco2)cc1. The maximum absolute atomic E-state index is 12.2. The first kappa shape index (κ1) is 10.6. The molecule has 0 N–H and O–H groups in total. The van der Waals surface area contributed by atoms with E-state index < -0.39 is 10.5 Å². The predicted molar refractivity (Wildman–Crippen MR) is 50.4 cm³/mol. The minimum absolute atomic E-state index is 0.134. The molecule has 1 aromatic carbocycles. The molecule has 0 saturated carbocycles. The molecule has 0 atom stereocenters. The van der Waals surface area contributed by atoms with E-state index in [-0.39, 0.29) is 11.6 Å². The Kier molecular flexibility index (Phi) is 2.57. The van der Waals surface area contributed by atoms with Crippen LogP contribution in [0.4, 0.5) is 3.89 Å². The van der Waals surface area contributed by atoms with Crippen LogP contribution < -0.4 is 4.18 Å². The largest absolute Gasteiger partial charge is 0.488 e. The van der Waals surface area contributed by atoms with Gasteiger partial charge in [-0.1, -0.05) is 3.89 Å². The summed E-state index contributed by atoms with van der Waals surface area (Å²) in [5, 5.41) is 7.12. The van der Waals surface area contributed by atoms with Crippen LogP contribution in [0.3, 0.4) is 0 Å². The van der Waals surface area contributed by atoms with Gasteiger partial charge in [-0.3, -0.25) is 0 Å². The van der Waals surface area contributed by atoms with Crippen molar-refractivity contribution in [2.24, 2.45) is 0 Å². The van der Waals surface area contributed by atoms with Crippen molar-refractivity contribution in [3.05, 3.63) is 30.7 Å². The van der Waals surface area contributed by atoms with Crippen LogP contribution in [0, 0.1) is 0 Å². The fourth-order valence-corrected chi connectivity index (χ4v) is 1.41. The maximum atomic E-state index is 12.2. The topological polar surface area (TPSA) is 82.3 Å². The zero-order valence-electron chi connectivity index (χ0n) is 7.70. The van der Waals surface area contributed by atoms with Crippen LogP contribution in [-0.4, -0.2) is 18.6 Å². The third kappa shape index (κ3) is 2.54. The van der Waals surface area contributed by atoms with Gasteiger partial charge in [0.2, 0.25) is 12.3 Å². The summed E-state index contributed by atoms with van der Waals surface area (Å²) >= 11 is 0. The Morgan fingerprint density at radius 1 is 1.25 bits per heavy atom. The Bertz CT molecular complexity index is 565. The molecule has 1 aromatic heterocycles. The number of halogens is 1. The number of nitrogens with zero attached hydrogens (tertiary/aromatic N) is 2. The first-order chi connectivity index (χ1) is 7.54. The summed E-state index contributed by atoms with van der Waals surface area (Å²) in [4.78, 5) is 0. The number of aromatic nitrogens is 2. The molecule has 6 nitrogen and oxygen atoms in total. The lowest BCUT2D eigenvalue weighted by Crippen LogP contribution is -2.00. The Morgan fingerprint density at radius 3 is 2.44 bits per heavy atom. The van der Waals surface area contributed by atoms with Crippen molar-refractivity contribution in [2.75, 3.05) is 0 Å². The molecule has 0 fully saturated rings. The molecule has 0 unspecified atom stereocenters. The quantitative estimate of drug-likeness (QED) is 0.757. The highest BCUT2D eigenvalue weighted by molar-refractivity contribution is 7.81. The minimum atomic E-state index is -5.00. The molecule has 8 heteroatoms. The summed E-state index contributed by atoms with van der Waals surface area (Å²) < 4.78 is 41.4. The van der Waals surface area contributed by atoms with E-state index in [4.69, 9.17) is 4.42 Å². The van der Waals surface area contributed by atoms with Gasteiger partial charge < -0.3 is 8.60 Å². The van der Waals surface area contributed by atoms with Crippen molar-refractivity contribution in [3.63, 3.8) is 0 Å². The molecule has 0 spiro atoms. The average molecular weight is 244 g/mol. The van der Waals surface area contributed by atoms with Gasteiger partial charge in [0.05, 0.1) is 0 Å². The molecule has 1 heterocycles. The van der Waals surface area contributed by atoms with E-state index in [1.807, 2.05) is 0 Å². The standard InChI is InChI=1S/C8H5FN2O4S/c9-16(12,13)15-7-3-1-6(2-4-7)8-11-10-5-14-8/h1-5H. The molecule has 0 amide bonds. The van der Waals surface area contributed by atoms with E-state index in [2.05, 4.69) is 14.4 Å². The highest BCUT2D eigenvalue weighted by Crippen LogP contribution is 2.21. The summed E-state index contributed by atoms with van der Waals surface area (Å²) in [5.41, 5.74) is 0.570. The van der Waals surface area contributed by atoms with Gasteiger partial charge in [-0.05, 0) is 24.3 Å². The van der Waals surface area contributed by atoms with Crippen LogP contribution in [0.15, 0.2) is 35.1 Å². The van der Waals surface area contributed by atoms with Crippen molar-refractivity contribution < 1.29 is 20.9 Å². The molecular formula is C8H5FN2O4S. The minimum Gasteiger partial charge on any atom is -0.423 e. The smallest absolute Gasteiger partial charge is 0.423 e. The molecule has 2 rings (SSSR count). The number of hydrogen-bond acceptors (Lipinski definition) is 6. The van der Waals surface area contributed by atoms with E-state index in [1.165, 1.54) is 24.3 Å². The second-order valence-corrected chi connectivity index (χ2v) is 3.70. The zero-order valence-corrected chi connectivity index (χ0v) is 8.52. The molecule has 16 heavy (non-hydrogen) atoms. The van der Waals surface area contributed by atoms with Gasteiger partial charge >= 0.3 is 10.5 Å². The van der Waals surface area contributed by atoms with E-state index in [1.54, 1.807) is 0 Å². The van der Waals surface area contributed by atoms with E-state index >= 15 is 0 Å². The maximum Gasteiger partial charge on any atom is 0.488 e. The number of rotatable bonds is 3. The van der Waals surface area contributed by atoms with Gasteiger partial charge in [0, 0.05) is 5.56 Å². The third-order valence-corrected chi connectivity index (χ3v) is 2.05. The van der Waals surface area contributed by atoms with Crippen LogP contribution in [0.1, 0.15) is 0 Å². The summed E-state index contributed by atoms with van der Waals surface area (Å²) in [7, 11) is -5.00. The van der Waals surface area contributed by atoms with Crippen LogP contribution in [0.5, 0.6) is 5.75 Å². The molecule has 84 valence electrons. The Hall–Kier alpha value is -1.96. The van der Waals surface area contributed by atoms with Gasteiger partial charge in [-0.2, -0.15) is 8.42 Å². The first-order valence-corrected chi connectivity index (χ1v) is 5.36. The first-order valence-electron chi connectivity index (χ1n) is 4.05. The highest BCUT2D eigenvalue weighted by Gasteiger charge is 2.10. The molecular weight excluding hydrogens is 239 g/mol. The van der Waals surface area contributed by atoms with Crippen molar-refractivity contribution in [3.8, 4) is 17.2 Å². The van der Waals surface area contributed by atoms with Crippen LogP contribution in [0.25, 0.3) is 11.5 Å². The van der Waals surface area contributed by atoms with Crippen molar-refractivity contribution in [1.82, 2.24) is 10.2 Å². The molecule has 2 aromatic rings. The zero-order chi connectivity index (χ0) is 11.6. The lowest BCUT2D eigenvalue weighted by molar-refractivity contribution is 0.440. The molecule has 0 aliphatic carbocycles. The van der Waals surface area contributed by atoms with Gasteiger partial charge in [0.1, 0.15) is 5.75 Å². The molecule has 0 aliphatic heterocycles. The van der Waals surface area contributed by atoms with Crippen LogP contribution >= 0.6 is 0 Å². The van der Waals surface area contributed by atoms with E-state index in [9.17, 15) is 12.3 Å². The molecule has 0 aliphatic rings. The summed E-state index contributed by atoms with van der Waals surface area (Å²) in [6.45, 7) is 0. The molecule has 0 bridgehead atoms. The van der Waals surface area contributed by atoms with Gasteiger partial charge in [0.25, 0.3) is 0 Å². The predicted octanol–water partition coefficient (Wildman–Crippen LogP) is 1.33. The Labute approximate surface area is 90.1 Å². The monoisotopic (exact) mass is 244 g/mol. The molecule has 0 radical (unpaired) electrons. The lowest BCUT2D eigenvalue weighted by Gasteiger charge is -1.99. The fraction of sp³-hybridized carbons (Fsp3) is 0. The number of hydrogen-bond donors (Lipinski definition) is 0. The second-order valence-electron chi connectivity index (χ2n) is 2.74. The van der Waals surface area contributed by atoms with Gasteiger partial charge in [-0.15, -0.1) is 10.2 Å². The highest BCUT2D eigenvalue weighted by atomic mass is 32.3. The summed E-state index contributed by atoms with van der Waals surface area (Å²) in [6, 6.07) is 5.48. The van der Waals surface area contributed by atoms with Crippen molar-refractivity contribution in [1.29, 1.82) is 0 Å². The van der Waals surface area contributed by atoms with E-state index in [0.717, 1.165) is 6.39 Å². The summed E-state index contributed by atoms with van der Waals surface area (Å²) in [6.07, 6.45) is 1.16. The third-order valence-electron chi connectivity index (χ3n) is 1.66. The number of benzene rings is 1. The van der Waals surface area contributed by atoms with Gasteiger partial charge in [0.15, 0.2) is 0 Å². The van der Waals surface area contributed by atoms with Crippen LogP contribution in [0.2, 0.25) is 0 Å². The normalized spacial score (nSPS) is 11.3. The molecule has 0 saturated heterocycles. The summed E-state index contributed by atoms with van der Waals surface area (Å²) in [5.74, 6) is 0.139. The van der Waals surface area contributed by atoms with Crippen LogP contribution in [-0.2, 0) is 10.5 Å². The average Bonchev–Trinajstić information content (AvgIpc) is 2.69. The lowest BCUT2D eigenvalue weighted by atomic mass is 10.2.